The molecule has 0 fully saturated rings. The highest BCUT2D eigenvalue weighted by molar-refractivity contribution is 5.88. The molecule has 0 radical (unpaired) electrons. The zero-order valence-corrected chi connectivity index (χ0v) is 10.3. The Hall–Kier alpha value is -0.870. The van der Waals surface area contributed by atoms with Crippen LogP contribution in [0.5, 0.6) is 0 Å². The number of hydrogen-bond donors (Lipinski definition) is 2. The zero-order valence-electron chi connectivity index (χ0n) is 10.3. The van der Waals surface area contributed by atoms with E-state index in [2.05, 4.69) is 0 Å². The Bertz CT molecular complexity index is 241. The van der Waals surface area contributed by atoms with Crippen molar-refractivity contribution in [3.05, 3.63) is 11.1 Å². The van der Waals surface area contributed by atoms with Crippen LogP contribution in [0.4, 0.5) is 0 Å². The number of carbonyl (C=O) groups excluding carboxylic acids is 1. The summed E-state index contributed by atoms with van der Waals surface area (Å²) in [7, 11) is 0. The molecule has 16 heavy (non-hydrogen) atoms. The van der Waals surface area contributed by atoms with Crippen molar-refractivity contribution in [2.24, 2.45) is 0 Å². The molecule has 0 aliphatic carbocycles. The molecular formula is C12H22O4. The normalized spacial score (nSPS) is 12.1. The second-order valence-electron chi connectivity index (χ2n) is 4.10. The lowest BCUT2D eigenvalue weighted by Crippen LogP contribution is -2.19. The lowest BCUT2D eigenvalue weighted by Gasteiger charge is -2.11. The number of esters is 1. The summed E-state index contributed by atoms with van der Waals surface area (Å²) >= 11 is 0. The fourth-order valence-electron chi connectivity index (χ4n) is 1.06. The van der Waals surface area contributed by atoms with Crippen LogP contribution in [0.1, 0.15) is 40.0 Å². The molecule has 0 saturated heterocycles. The van der Waals surface area contributed by atoms with E-state index in [0.717, 1.165) is 12.0 Å². The lowest BCUT2D eigenvalue weighted by molar-refractivity contribution is -0.142. The molecule has 4 heteroatoms. The fourth-order valence-corrected chi connectivity index (χ4v) is 1.06. The van der Waals surface area contributed by atoms with Gasteiger partial charge in [-0.1, -0.05) is 5.57 Å². The van der Waals surface area contributed by atoms with Crippen molar-refractivity contribution >= 4 is 5.97 Å². The van der Waals surface area contributed by atoms with Crippen LogP contribution in [0.2, 0.25) is 0 Å². The molecule has 0 saturated carbocycles. The smallest absolute Gasteiger partial charge is 0.333 e. The van der Waals surface area contributed by atoms with Crippen LogP contribution in [0.25, 0.3) is 0 Å². The van der Waals surface area contributed by atoms with Crippen LogP contribution in [0.3, 0.4) is 0 Å². The van der Waals surface area contributed by atoms with E-state index < -0.39 is 6.10 Å². The molecule has 0 heterocycles. The predicted octanol–water partition coefficient (Wildman–Crippen LogP) is 1.41. The minimum atomic E-state index is -0.638. The summed E-state index contributed by atoms with van der Waals surface area (Å²) in [5.74, 6) is -0.374. The summed E-state index contributed by atoms with van der Waals surface area (Å²) in [6, 6.07) is 0. The third kappa shape index (κ3) is 6.58. The predicted molar refractivity (Wildman–Crippen MR) is 62.0 cm³/mol. The highest BCUT2D eigenvalue weighted by Crippen LogP contribution is 2.06. The number of rotatable bonds is 7. The SMILES string of the molecule is CC(C)=C(C)C(=O)OCC(O)CCCCO. The second kappa shape index (κ2) is 8.30. The van der Waals surface area contributed by atoms with Crippen LogP contribution < -0.4 is 0 Å². The first-order chi connectivity index (χ1) is 7.49. The van der Waals surface area contributed by atoms with Crippen LogP contribution in [0, 0.1) is 0 Å². The number of hydrogen-bond acceptors (Lipinski definition) is 4. The minimum Gasteiger partial charge on any atom is -0.460 e. The molecule has 0 spiro atoms. The van der Waals surface area contributed by atoms with Crippen molar-refractivity contribution < 1.29 is 19.7 Å². The van der Waals surface area contributed by atoms with Crippen molar-refractivity contribution in [1.29, 1.82) is 0 Å². The van der Waals surface area contributed by atoms with Gasteiger partial charge in [-0.15, -0.1) is 0 Å². The van der Waals surface area contributed by atoms with E-state index in [0.29, 0.717) is 18.4 Å². The van der Waals surface area contributed by atoms with Crippen LogP contribution in [-0.2, 0) is 9.53 Å². The van der Waals surface area contributed by atoms with E-state index in [9.17, 15) is 9.90 Å². The van der Waals surface area contributed by atoms with E-state index in [1.165, 1.54) is 0 Å². The maximum absolute atomic E-state index is 11.4. The third-order valence-electron chi connectivity index (χ3n) is 2.41. The Kier molecular flexibility index (Phi) is 7.85. The highest BCUT2D eigenvalue weighted by atomic mass is 16.5. The average molecular weight is 230 g/mol. The van der Waals surface area contributed by atoms with E-state index in [1.807, 2.05) is 13.8 Å². The van der Waals surface area contributed by atoms with Gasteiger partial charge in [-0.2, -0.15) is 0 Å². The number of aliphatic hydroxyl groups is 2. The Morgan fingerprint density at radius 3 is 2.38 bits per heavy atom. The van der Waals surface area contributed by atoms with Gasteiger partial charge in [0.25, 0.3) is 0 Å². The zero-order chi connectivity index (χ0) is 12.6. The van der Waals surface area contributed by atoms with Crippen molar-refractivity contribution in [3.63, 3.8) is 0 Å². The van der Waals surface area contributed by atoms with E-state index in [1.54, 1.807) is 6.92 Å². The van der Waals surface area contributed by atoms with Gasteiger partial charge in [0.2, 0.25) is 0 Å². The topological polar surface area (TPSA) is 66.8 Å². The maximum Gasteiger partial charge on any atom is 0.333 e. The molecule has 0 rings (SSSR count). The lowest BCUT2D eigenvalue weighted by atomic mass is 10.1. The van der Waals surface area contributed by atoms with Crippen LogP contribution >= 0.6 is 0 Å². The third-order valence-corrected chi connectivity index (χ3v) is 2.41. The summed E-state index contributed by atoms with van der Waals surface area (Å²) in [5, 5.41) is 18.0. The van der Waals surface area contributed by atoms with Gasteiger partial charge < -0.3 is 14.9 Å². The van der Waals surface area contributed by atoms with E-state index in [4.69, 9.17) is 9.84 Å². The highest BCUT2D eigenvalue weighted by Gasteiger charge is 2.10. The van der Waals surface area contributed by atoms with E-state index >= 15 is 0 Å². The number of allylic oxidation sites excluding steroid dienone is 1. The van der Waals surface area contributed by atoms with Gasteiger partial charge in [0.05, 0.1) is 6.10 Å². The first-order valence-corrected chi connectivity index (χ1v) is 5.59. The summed E-state index contributed by atoms with van der Waals surface area (Å²) < 4.78 is 4.95. The standard InChI is InChI=1S/C12H22O4/c1-9(2)10(3)12(15)16-8-11(14)6-4-5-7-13/h11,13-14H,4-8H2,1-3H3. The number of ether oxygens (including phenoxy) is 1. The van der Waals surface area contributed by atoms with Crippen molar-refractivity contribution in [2.75, 3.05) is 13.2 Å². The monoisotopic (exact) mass is 230 g/mol. The molecule has 0 aliphatic heterocycles. The Morgan fingerprint density at radius 2 is 1.88 bits per heavy atom. The molecule has 2 N–H and O–H groups in total. The van der Waals surface area contributed by atoms with Crippen molar-refractivity contribution in [2.45, 2.75) is 46.1 Å². The second-order valence-corrected chi connectivity index (χ2v) is 4.10. The molecular weight excluding hydrogens is 208 g/mol. The number of aliphatic hydroxyl groups excluding tert-OH is 2. The molecule has 4 nitrogen and oxygen atoms in total. The molecule has 0 aromatic rings. The maximum atomic E-state index is 11.4. The Balaban J connectivity index is 3.80. The van der Waals surface area contributed by atoms with Gasteiger partial charge in [0.1, 0.15) is 6.61 Å². The van der Waals surface area contributed by atoms with Gasteiger partial charge in [0.15, 0.2) is 0 Å². The Labute approximate surface area is 96.9 Å². The van der Waals surface area contributed by atoms with Crippen molar-refractivity contribution in [1.82, 2.24) is 0 Å². The van der Waals surface area contributed by atoms with Gasteiger partial charge >= 0.3 is 5.97 Å². The largest absolute Gasteiger partial charge is 0.460 e. The summed E-state index contributed by atoms with van der Waals surface area (Å²) in [6.07, 6.45) is 1.30. The average Bonchev–Trinajstić information content (AvgIpc) is 2.25. The van der Waals surface area contributed by atoms with Crippen molar-refractivity contribution in [3.8, 4) is 0 Å². The molecule has 0 bridgehead atoms. The van der Waals surface area contributed by atoms with Gasteiger partial charge in [0, 0.05) is 12.2 Å². The molecule has 0 aromatic carbocycles. The fraction of sp³-hybridized carbons (Fsp3) is 0.750. The molecule has 0 aromatic heterocycles. The van der Waals surface area contributed by atoms with Gasteiger partial charge in [-0.25, -0.2) is 4.79 Å². The molecule has 1 unspecified atom stereocenters. The molecule has 94 valence electrons. The molecule has 0 amide bonds. The molecule has 1 atom stereocenters. The van der Waals surface area contributed by atoms with Gasteiger partial charge in [-0.3, -0.25) is 0 Å². The van der Waals surface area contributed by atoms with Gasteiger partial charge in [-0.05, 0) is 40.0 Å². The summed E-state index contributed by atoms with van der Waals surface area (Å²) in [6.45, 7) is 5.54. The number of unbranched alkanes of at least 4 members (excludes halogenated alkanes) is 1. The number of carbonyl (C=O) groups is 1. The summed E-state index contributed by atoms with van der Waals surface area (Å²) in [4.78, 5) is 11.4. The molecule has 0 aliphatic rings. The quantitative estimate of drug-likeness (QED) is 0.394. The minimum absolute atomic E-state index is 0.0227. The Morgan fingerprint density at radius 1 is 1.25 bits per heavy atom. The first kappa shape index (κ1) is 15.1. The van der Waals surface area contributed by atoms with E-state index in [-0.39, 0.29) is 19.2 Å². The summed E-state index contributed by atoms with van der Waals surface area (Å²) in [5.41, 5.74) is 1.50. The first-order valence-electron chi connectivity index (χ1n) is 5.59. The van der Waals surface area contributed by atoms with Crippen LogP contribution in [-0.4, -0.2) is 35.5 Å². The van der Waals surface area contributed by atoms with Crippen LogP contribution in [0.15, 0.2) is 11.1 Å².